The molecule has 0 spiro atoms. The Morgan fingerprint density at radius 2 is 1.21 bits per heavy atom. The standard InChI is InChI=1S/C7H6O8S2.2Na/c8-7(9)4-1-5(16(10,11)12)3-6(2-4)17(13,14)15;;/h1-3H,(H,8,9)(H,10,11,12)(H,13,14,15);;/q;2*+1/p-2. The summed E-state index contributed by atoms with van der Waals surface area (Å²) in [5.41, 5.74) is -0.781. The number of carboxylic acids is 1. The van der Waals surface area contributed by atoms with Crippen molar-refractivity contribution in [2.24, 2.45) is 0 Å². The van der Waals surface area contributed by atoms with Gasteiger partial charge in [-0.3, -0.25) is 0 Å². The van der Waals surface area contributed by atoms with Crippen molar-refractivity contribution < 1.29 is 95.0 Å². The molecule has 1 aromatic carbocycles. The van der Waals surface area contributed by atoms with E-state index < -0.39 is 41.6 Å². The monoisotopic (exact) mass is 326 g/mol. The van der Waals surface area contributed by atoms with E-state index in [2.05, 4.69) is 0 Å². The van der Waals surface area contributed by atoms with Crippen molar-refractivity contribution in [3.63, 3.8) is 0 Å². The second-order valence-corrected chi connectivity index (χ2v) is 5.67. The fraction of sp³-hybridized carbons (Fsp3) is 0. The van der Waals surface area contributed by atoms with Gasteiger partial charge in [0.1, 0.15) is 20.2 Å². The van der Waals surface area contributed by atoms with E-state index in [0.29, 0.717) is 18.2 Å². The van der Waals surface area contributed by atoms with E-state index in [-0.39, 0.29) is 59.1 Å². The smallest absolute Gasteiger partial charge is 0.744 e. The van der Waals surface area contributed by atoms with Crippen LogP contribution in [0.15, 0.2) is 28.0 Å². The third-order valence-corrected chi connectivity index (χ3v) is 3.33. The average molecular weight is 326 g/mol. The second kappa shape index (κ2) is 7.50. The largest absolute Gasteiger partial charge is 1.00 e. The Hall–Kier alpha value is 0.510. The normalized spacial score (nSPS) is 11.1. The van der Waals surface area contributed by atoms with Gasteiger partial charge in [-0.05, 0) is 18.2 Å². The molecule has 0 radical (unpaired) electrons. The maximum Gasteiger partial charge on any atom is 1.00 e. The van der Waals surface area contributed by atoms with Gasteiger partial charge in [-0.25, -0.2) is 21.6 Å². The molecule has 0 fully saturated rings. The Bertz CT molecular complexity index is 629. The topological polar surface area (TPSA) is 152 Å². The van der Waals surface area contributed by atoms with E-state index in [0.717, 1.165) is 0 Å². The predicted molar refractivity (Wildman–Crippen MR) is 49.3 cm³/mol. The molecule has 1 rings (SSSR count). The maximum absolute atomic E-state index is 10.6. The van der Waals surface area contributed by atoms with Gasteiger partial charge >= 0.3 is 65.1 Å². The van der Waals surface area contributed by atoms with Crippen LogP contribution in [0.2, 0.25) is 0 Å². The molecule has 19 heavy (non-hydrogen) atoms. The van der Waals surface area contributed by atoms with E-state index in [1.165, 1.54) is 0 Å². The zero-order valence-corrected chi connectivity index (χ0v) is 15.5. The molecule has 0 heterocycles. The van der Waals surface area contributed by atoms with Gasteiger partial charge in [0.15, 0.2) is 0 Å². The Morgan fingerprint density at radius 3 is 1.42 bits per heavy atom. The van der Waals surface area contributed by atoms with E-state index in [1.54, 1.807) is 0 Å². The first-order chi connectivity index (χ1) is 7.51. The molecule has 12 heteroatoms. The van der Waals surface area contributed by atoms with Crippen LogP contribution in [0.25, 0.3) is 0 Å². The number of hydrogen-bond donors (Lipinski definition) is 1. The van der Waals surface area contributed by atoms with Crippen molar-refractivity contribution in [2.75, 3.05) is 0 Å². The van der Waals surface area contributed by atoms with Crippen LogP contribution in [0.5, 0.6) is 0 Å². The third-order valence-electron chi connectivity index (χ3n) is 1.70. The first-order valence-corrected chi connectivity index (χ1v) is 6.63. The van der Waals surface area contributed by atoms with Gasteiger partial charge in [-0.1, -0.05) is 0 Å². The number of hydrogen-bond acceptors (Lipinski definition) is 7. The van der Waals surface area contributed by atoms with Gasteiger partial charge in [0.05, 0.1) is 15.4 Å². The van der Waals surface area contributed by atoms with Crippen LogP contribution in [-0.2, 0) is 20.2 Å². The molecule has 1 aromatic rings. The number of carboxylic acid groups (broad SMARTS) is 1. The van der Waals surface area contributed by atoms with Crippen molar-refractivity contribution in [1.29, 1.82) is 0 Å². The molecule has 0 atom stereocenters. The van der Waals surface area contributed by atoms with Gasteiger partial charge in [0.2, 0.25) is 0 Å². The summed E-state index contributed by atoms with van der Waals surface area (Å²) in [5.74, 6) is -1.67. The first-order valence-electron chi connectivity index (χ1n) is 3.82. The zero-order valence-electron chi connectivity index (χ0n) is 9.85. The minimum atomic E-state index is -5.06. The maximum atomic E-state index is 10.6. The fourth-order valence-corrected chi connectivity index (χ4v) is 2.14. The zero-order chi connectivity index (χ0) is 13.4. The molecule has 0 aliphatic rings. The molecule has 1 N–H and O–H groups in total. The van der Waals surface area contributed by atoms with Gasteiger partial charge in [-0.2, -0.15) is 0 Å². The SMILES string of the molecule is O=C(O)c1cc(S(=O)(=O)[O-])cc(S(=O)(=O)[O-])c1.[Na+].[Na+]. The summed E-state index contributed by atoms with van der Waals surface area (Å²) >= 11 is 0. The second-order valence-electron chi connectivity index (χ2n) is 2.91. The first kappa shape index (κ1) is 21.8. The van der Waals surface area contributed by atoms with Crippen LogP contribution in [0.3, 0.4) is 0 Å². The summed E-state index contributed by atoms with van der Waals surface area (Å²) in [4.78, 5) is 8.38. The number of rotatable bonds is 3. The van der Waals surface area contributed by atoms with Crippen LogP contribution in [-0.4, -0.2) is 37.0 Å². The van der Waals surface area contributed by atoms with Crippen molar-refractivity contribution in [1.82, 2.24) is 0 Å². The molecule has 0 aromatic heterocycles. The summed E-state index contributed by atoms with van der Waals surface area (Å²) < 4.78 is 63.8. The summed E-state index contributed by atoms with van der Waals surface area (Å²) in [5, 5.41) is 8.57. The molecule has 0 amide bonds. The van der Waals surface area contributed by atoms with Crippen LogP contribution in [0.4, 0.5) is 0 Å². The number of aromatic carboxylic acids is 1. The Balaban J connectivity index is 0. The molecule has 0 aliphatic carbocycles. The van der Waals surface area contributed by atoms with Crippen LogP contribution >= 0.6 is 0 Å². The van der Waals surface area contributed by atoms with Crippen molar-refractivity contribution in [3.05, 3.63) is 23.8 Å². The molecule has 94 valence electrons. The van der Waals surface area contributed by atoms with E-state index in [1.807, 2.05) is 0 Å². The van der Waals surface area contributed by atoms with E-state index in [4.69, 9.17) is 5.11 Å². The van der Waals surface area contributed by atoms with Crippen molar-refractivity contribution in [2.45, 2.75) is 9.79 Å². The molecule has 0 saturated heterocycles. The van der Waals surface area contributed by atoms with Crippen LogP contribution in [0.1, 0.15) is 10.4 Å². The Labute approximate surface area is 153 Å². The van der Waals surface area contributed by atoms with Crippen LogP contribution < -0.4 is 59.1 Å². The van der Waals surface area contributed by atoms with E-state index in [9.17, 15) is 30.7 Å². The third kappa shape index (κ3) is 6.21. The summed E-state index contributed by atoms with van der Waals surface area (Å²) in [7, 11) is -10.1. The molecule has 0 bridgehead atoms. The number of benzene rings is 1. The van der Waals surface area contributed by atoms with Crippen molar-refractivity contribution in [3.8, 4) is 0 Å². The van der Waals surface area contributed by atoms with Gasteiger partial charge in [0.25, 0.3) is 0 Å². The summed E-state index contributed by atoms with van der Waals surface area (Å²) in [6, 6.07) is 1.26. The Morgan fingerprint density at radius 1 is 0.895 bits per heavy atom. The fourth-order valence-electron chi connectivity index (χ4n) is 0.984. The predicted octanol–water partition coefficient (Wildman–Crippen LogP) is -6.80. The van der Waals surface area contributed by atoms with Gasteiger partial charge in [-0.15, -0.1) is 0 Å². The van der Waals surface area contributed by atoms with E-state index >= 15 is 0 Å². The molecular formula is C7H4Na2O8S2. The molecule has 0 saturated carbocycles. The van der Waals surface area contributed by atoms with Gasteiger partial charge in [0, 0.05) is 0 Å². The minimum absolute atomic E-state index is 0. The average Bonchev–Trinajstić information content (AvgIpc) is 2.14. The molecule has 8 nitrogen and oxygen atoms in total. The summed E-state index contributed by atoms with van der Waals surface area (Å²) in [6.07, 6.45) is 0. The van der Waals surface area contributed by atoms with Crippen LogP contribution in [0, 0.1) is 0 Å². The number of carbonyl (C=O) groups is 1. The van der Waals surface area contributed by atoms with Crippen molar-refractivity contribution >= 4 is 26.2 Å². The molecule has 0 unspecified atom stereocenters. The Kier molecular flexibility index (Phi) is 8.60. The van der Waals surface area contributed by atoms with Gasteiger partial charge < -0.3 is 14.2 Å². The summed E-state index contributed by atoms with van der Waals surface area (Å²) in [6.45, 7) is 0. The minimum Gasteiger partial charge on any atom is -0.744 e. The molecule has 0 aliphatic heterocycles. The quantitative estimate of drug-likeness (QED) is 0.425. The molecular weight excluding hydrogens is 322 g/mol.